The molecule has 7 heteroatoms. The summed E-state index contributed by atoms with van der Waals surface area (Å²) in [4.78, 5) is 33.8. The van der Waals surface area contributed by atoms with Gasteiger partial charge in [-0.3, -0.25) is 9.59 Å². The molecular formula is C13H24N2O5. The van der Waals surface area contributed by atoms with E-state index in [1.807, 2.05) is 13.8 Å². The number of amides is 2. The SMILES string of the molecule is COCCC(NC(=O)CCCC(=O)NC(C)C)C(=O)O. The molecule has 3 N–H and O–H groups in total. The van der Waals surface area contributed by atoms with Gasteiger partial charge in [0.2, 0.25) is 11.8 Å². The maximum absolute atomic E-state index is 11.6. The summed E-state index contributed by atoms with van der Waals surface area (Å²) in [5.74, 6) is -1.57. The zero-order chi connectivity index (χ0) is 15.5. The van der Waals surface area contributed by atoms with Crippen LogP contribution in [0.25, 0.3) is 0 Å². The normalized spacial score (nSPS) is 12.0. The van der Waals surface area contributed by atoms with E-state index in [9.17, 15) is 14.4 Å². The lowest BCUT2D eigenvalue weighted by Crippen LogP contribution is -2.41. The molecule has 116 valence electrons. The predicted octanol–water partition coefficient (Wildman–Crippen LogP) is 0.287. The summed E-state index contributed by atoms with van der Waals surface area (Å²) < 4.78 is 4.79. The van der Waals surface area contributed by atoms with E-state index in [-0.39, 0.29) is 43.7 Å². The molecule has 0 aliphatic carbocycles. The molecule has 0 saturated carbocycles. The highest BCUT2D eigenvalue weighted by molar-refractivity contribution is 5.84. The fraction of sp³-hybridized carbons (Fsp3) is 0.769. The first-order valence-corrected chi connectivity index (χ1v) is 6.67. The van der Waals surface area contributed by atoms with Gasteiger partial charge in [-0.15, -0.1) is 0 Å². The smallest absolute Gasteiger partial charge is 0.326 e. The number of nitrogens with one attached hydrogen (secondary N) is 2. The number of carbonyl (C=O) groups is 3. The van der Waals surface area contributed by atoms with E-state index in [0.29, 0.717) is 6.42 Å². The van der Waals surface area contributed by atoms with Crippen molar-refractivity contribution in [2.75, 3.05) is 13.7 Å². The Balaban J connectivity index is 3.96. The first kappa shape index (κ1) is 18.4. The molecule has 1 unspecified atom stereocenters. The first-order chi connectivity index (χ1) is 9.36. The molecule has 0 heterocycles. The Labute approximate surface area is 119 Å². The van der Waals surface area contributed by atoms with E-state index >= 15 is 0 Å². The molecule has 0 fully saturated rings. The van der Waals surface area contributed by atoms with Gasteiger partial charge in [0, 0.05) is 39.0 Å². The van der Waals surface area contributed by atoms with Crippen LogP contribution in [0.3, 0.4) is 0 Å². The predicted molar refractivity (Wildman–Crippen MR) is 73.2 cm³/mol. The average Bonchev–Trinajstić information content (AvgIpc) is 2.33. The average molecular weight is 288 g/mol. The molecule has 7 nitrogen and oxygen atoms in total. The molecule has 0 aromatic heterocycles. The summed E-state index contributed by atoms with van der Waals surface area (Å²) in [5, 5.41) is 14.1. The molecule has 0 spiro atoms. The van der Waals surface area contributed by atoms with Crippen molar-refractivity contribution >= 4 is 17.8 Å². The van der Waals surface area contributed by atoms with Crippen molar-refractivity contribution in [1.29, 1.82) is 0 Å². The Morgan fingerprint density at radius 2 is 1.65 bits per heavy atom. The number of hydrogen-bond acceptors (Lipinski definition) is 4. The maximum atomic E-state index is 11.6. The lowest BCUT2D eigenvalue weighted by atomic mass is 10.1. The second-order valence-electron chi connectivity index (χ2n) is 4.82. The lowest BCUT2D eigenvalue weighted by molar-refractivity contribution is -0.142. The van der Waals surface area contributed by atoms with Gasteiger partial charge in [-0.1, -0.05) is 0 Å². The van der Waals surface area contributed by atoms with Gasteiger partial charge < -0.3 is 20.5 Å². The van der Waals surface area contributed by atoms with Crippen LogP contribution in [-0.2, 0) is 19.1 Å². The zero-order valence-corrected chi connectivity index (χ0v) is 12.3. The molecule has 20 heavy (non-hydrogen) atoms. The molecular weight excluding hydrogens is 264 g/mol. The van der Waals surface area contributed by atoms with Crippen LogP contribution in [-0.4, -0.2) is 48.7 Å². The largest absolute Gasteiger partial charge is 0.480 e. The number of aliphatic carboxylic acids is 1. The van der Waals surface area contributed by atoms with Crippen molar-refractivity contribution in [2.45, 2.75) is 51.6 Å². The molecule has 0 aliphatic heterocycles. The van der Waals surface area contributed by atoms with Gasteiger partial charge in [0.05, 0.1) is 0 Å². The number of methoxy groups -OCH3 is 1. The van der Waals surface area contributed by atoms with Crippen LogP contribution in [0.1, 0.15) is 39.5 Å². The van der Waals surface area contributed by atoms with E-state index in [1.54, 1.807) is 0 Å². The molecule has 2 amide bonds. The quantitative estimate of drug-likeness (QED) is 0.536. The molecule has 0 aromatic rings. The Bertz CT molecular complexity index is 331. The van der Waals surface area contributed by atoms with Crippen molar-refractivity contribution in [3.63, 3.8) is 0 Å². The van der Waals surface area contributed by atoms with Gasteiger partial charge in [0.15, 0.2) is 0 Å². The lowest BCUT2D eigenvalue weighted by Gasteiger charge is -2.14. The Morgan fingerprint density at radius 1 is 1.10 bits per heavy atom. The van der Waals surface area contributed by atoms with Crippen LogP contribution in [0.5, 0.6) is 0 Å². The topological polar surface area (TPSA) is 105 Å². The van der Waals surface area contributed by atoms with E-state index in [0.717, 1.165) is 0 Å². The summed E-state index contributed by atoms with van der Waals surface area (Å²) in [5.41, 5.74) is 0. The van der Waals surface area contributed by atoms with Crippen LogP contribution in [0, 0.1) is 0 Å². The van der Waals surface area contributed by atoms with E-state index in [2.05, 4.69) is 10.6 Å². The molecule has 0 saturated heterocycles. The van der Waals surface area contributed by atoms with Crippen LogP contribution in [0.2, 0.25) is 0 Å². The minimum absolute atomic E-state index is 0.0711. The summed E-state index contributed by atoms with van der Waals surface area (Å²) in [7, 11) is 1.47. The fourth-order valence-electron chi connectivity index (χ4n) is 1.56. The van der Waals surface area contributed by atoms with Crippen molar-refractivity contribution in [3.8, 4) is 0 Å². The maximum Gasteiger partial charge on any atom is 0.326 e. The Morgan fingerprint density at radius 3 is 2.10 bits per heavy atom. The summed E-state index contributed by atoms with van der Waals surface area (Å²) in [6, 6.07) is -0.881. The third kappa shape index (κ3) is 9.32. The molecule has 0 bridgehead atoms. The summed E-state index contributed by atoms with van der Waals surface area (Å²) >= 11 is 0. The summed E-state index contributed by atoms with van der Waals surface area (Å²) in [6.07, 6.45) is 0.982. The fourth-order valence-corrected chi connectivity index (χ4v) is 1.56. The first-order valence-electron chi connectivity index (χ1n) is 6.67. The minimum Gasteiger partial charge on any atom is -0.480 e. The highest BCUT2D eigenvalue weighted by atomic mass is 16.5. The third-order valence-corrected chi connectivity index (χ3v) is 2.50. The van der Waals surface area contributed by atoms with Gasteiger partial charge in [0.25, 0.3) is 0 Å². The van der Waals surface area contributed by atoms with E-state index in [1.165, 1.54) is 7.11 Å². The highest BCUT2D eigenvalue weighted by Crippen LogP contribution is 1.99. The number of ether oxygens (including phenoxy) is 1. The standard InChI is InChI=1S/C13H24N2O5/c1-9(2)14-11(16)5-4-6-12(17)15-10(13(18)19)7-8-20-3/h9-10H,4-8H2,1-3H3,(H,14,16)(H,15,17)(H,18,19). The van der Waals surface area contributed by atoms with Gasteiger partial charge in [-0.25, -0.2) is 4.79 Å². The highest BCUT2D eigenvalue weighted by Gasteiger charge is 2.19. The van der Waals surface area contributed by atoms with Crippen LogP contribution < -0.4 is 10.6 Å². The number of carboxylic acids is 1. The number of rotatable bonds is 10. The van der Waals surface area contributed by atoms with Gasteiger partial charge >= 0.3 is 5.97 Å². The van der Waals surface area contributed by atoms with Crippen molar-refractivity contribution in [2.24, 2.45) is 0 Å². The van der Waals surface area contributed by atoms with Crippen LogP contribution in [0.15, 0.2) is 0 Å². The second-order valence-corrected chi connectivity index (χ2v) is 4.82. The number of hydrogen-bond donors (Lipinski definition) is 3. The minimum atomic E-state index is -1.09. The van der Waals surface area contributed by atoms with Gasteiger partial charge in [-0.2, -0.15) is 0 Å². The van der Waals surface area contributed by atoms with Crippen LogP contribution in [0.4, 0.5) is 0 Å². The Hall–Kier alpha value is -1.63. The van der Waals surface area contributed by atoms with E-state index in [4.69, 9.17) is 9.84 Å². The van der Waals surface area contributed by atoms with Gasteiger partial charge in [-0.05, 0) is 20.3 Å². The number of carbonyl (C=O) groups excluding carboxylic acids is 2. The van der Waals surface area contributed by atoms with E-state index < -0.39 is 12.0 Å². The van der Waals surface area contributed by atoms with Gasteiger partial charge in [0.1, 0.15) is 6.04 Å². The van der Waals surface area contributed by atoms with Crippen molar-refractivity contribution < 1.29 is 24.2 Å². The molecule has 1 atom stereocenters. The monoisotopic (exact) mass is 288 g/mol. The molecule has 0 aromatic carbocycles. The van der Waals surface area contributed by atoms with Crippen LogP contribution >= 0.6 is 0 Å². The number of carboxylic acid groups (broad SMARTS) is 1. The zero-order valence-electron chi connectivity index (χ0n) is 12.3. The molecule has 0 aliphatic rings. The molecule has 0 radical (unpaired) electrons. The second kappa shape index (κ2) is 10.2. The summed E-state index contributed by atoms with van der Waals surface area (Å²) in [6.45, 7) is 3.98. The third-order valence-electron chi connectivity index (χ3n) is 2.50. The Kier molecular flexibility index (Phi) is 9.36. The molecule has 0 rings (SSSR count). The van der Waals surface area contributed by atoms with Crippen molar-refractivity contribution in [3.05, 3.63) is 0 Å². The van der Waals surface area contributed by atoms with Crippen molar-refractivity contribution in [1.82, 2.24) is 10.6 Å².